The standard InChI is InChI=1S/C18H27N3O5S/c1-2-26-17(22)12-19-18(23)21-10-6-9-16(13-21)11-20-27(24,25)14-15-7-4-3-5-8-15/h3-5,7-8,16,20H,2,6,9-14H2,1H3,(H,19,23)/t16-/m0/s1. The summed E-state index contributed by atoms with van der Waals surface area (Å²) in [5, 5.41) is 2.54. The van der Waals surface area contributed by atoms with Crippen LogP contribution in [0, 0.1) is 5.92 Å². The Hall–Kier alpha value is -2.13. The fourth-order valence-corrected chi connectivity index (χ4v) is 4.20. The van der Waals surface area contributed by atoms with E-state index in [0.717, 1.165) is 18.4 Å². The SMILES string of the molecule is CCOC(=O)CNC(=O)N1CCC[C@@H](CNS(=O)(=O)Cc2ccccc2)C1. The van der Waals surface area contributed by atoms with Gasteiger partial charge in [-0.15, -0.1) is 0 Å². The van der Waals surface area contributed by atoms with Crippen LogP contribution in [0.3, 0.4) is 0 Å². The third kappa shape index (κ3) is 7.56. The zero-order chi connectivity index (χ0) is 19.7. The van der Waals surface area contributed by atoms with Gasteiger partial charge in [-0.2, -0.15) is 0 Å². The second-order valence-electron chi connectivity index (χ2n) is 6.51. The molecule has 0 saturated carbocycles. The molecule has 2 N–H and O–H groups in total. The molecule has 1 aromatic rings. The molecule has 0 aromatic heterocycles. The lowest BCUT2D eigenvalue weighted by Gasteiger charge is -2.32. The number of nitrogens with one attached hydrogen (secondary N) is 2. The second kappa shape index (κ2) is 10.3. The summed E-state index contributed by atoms with van der Waals surface area (Å²) in [6.07, 6.45) is 1.63. The number of amides is 2. The molecule has 0 spiro atoms. The Labute approximate surface area is 160 Å². The van der Waals surface area contributed by atoms with E-state index in [0.29, 0.717) is 13.1 Å². The first-order chi connectivity index (χ1) is 12.9. The average Bonchev–Trinajstić information content (AvgIpc) is 2.65. The number of hydrogen-bond acceptors (Lipinski definition) is 5. The Balaban J connectivity index is 1.78. The molecular weight excluding hydrogens is 370 g/mol. The normalized spacial score (nSPS) is 17.4. The zero-order valence-corrected chi connectivity index (χ0v) is 16.3. The largest absolute Gasteiger partial charge is 0.465 e. The van der Waals surface area contributed by atoms with Crippen LogP contribution in [0.15, 0.2) is 30.3 Å². The highest BCUT2D eigenvalue weighted by Gasteiger charge is 2.25. The molecule has 0 aliphatic carbocycles. The lowest BCUT2D eigenvalue weighted by atomic mass is 9.99. The molecule has 1 aliphatic rings. The summed E-state index contributed by atoms with van der Waals surface area (Å²) in [6.45, 7) is 3.12. The van der Waals surface area contributed by atoms with E-state index in [1.807, 2.05) is 6.07 Å². The molecule has 0 unspecified atom stereocenters. The Morgan fingerprint density at radius 3 is 2.70 bits per heavy atom. The van der Waals surface area contributed by atoms with Crippen LogP contribution in [-0.4, -0.2) is 58.1 Å². The molecule has 1 saturated heterocycles. The smallest absolute Gasteiger partial charge is 0.325 e. The summed E-state index contributed by atoms with van der Waals surface area (Å²) in [6, 6.07) is 8.66. The van der Waals surface area contributed by atoms with Gasteiger partial charge in [0.25, 0.3) is 0 Å². The third-order valence-electron chi connectivity index (χ3n) is 4.29. The molecular formula is C18H27N3O5S. The van der Waals surface area contributed by atoms with E-state index < -0.39 is 16.0 Å². The summed E-state index contributed by atoms with van der Waals surface area (Å²) >= 11 is 0. The van der Waals surface area contributed by atoms with Crippen molar-refractivity contribution < 1.29 is 22.7 Å². The van der Waals surface area contributed by atoms with Crippen molar-refractivity contribution in [3.63, 3.8) is 0 Å². The Morgan fingerprint density at radius 2 is 2.00 bits per heavy atom. The number of rotatable bonds is 8. The summed E-state index contributed by atoms with van der Waals surface area (Å²) in [5.74, 6) is -0.504. The maximum atomic E-state index is 12.2. The molecule has 2 rings (SSSR count). The monoisotopic (exact) mass is 397 g/mol. The van der Waals surface area contributed by atoms with Gasteiger partial charge in [-0.3, -0.25) is 4.79 Å². The van der Waals surface area contributed by atoms with Crippen molar-refractivity contribution in [2.45, 2.75) is 25.5 Å². The number of ether oxygens (including phenoxy) is 1. The lowest BCUT2D eigenvalue weighted by Crippen LogP contribution is -2.48. The van der Waals surface area contributed by atoms with E-state index in [2.05, 4.69) is 10.0 Å². The van der Waals surface area contributed by atoms with Crippen LogP contribution < -0.4 is 10.0 Å². The van der Waals surface area contributed by atoms with Crippen molar-refractivity contribution in [1.82, 2.24) is 14.9 Å². The highest BCUT2D eigenvalue weighted by molar-refractivity contribution is 7.88. The highest BCUT2D eigenvalue weighted by atomic mass is 32.2. The third-order valence-corrected chi connectivity index (χ3v) is 5.61. The van der Waals surface area contributed by atoms with E-state index in [1.165, 1.54) is 0 Å². The number of piperidine rings is 1. The first-order valence-electron chi connectivity index (χ1n) is 9.09. The van der Waals surface area contributed by atoms with E-state index in [1.54, 1.807) is 36.1 Å². The van der Waals surface area contributed by atoms with Crippen LogP contribution in [-0.2, 0) is 25.3 Å². The predicted octanol–water partition coefficient (Wildman–Crippen LogP) is 1.09. The van der Waals surface area contributed by atoms with Crippen LogP contribution in [0.25, 0.3) is 0 Å². The summed E-state index contributed by atoms with van der Waals surface area (Å²) < 4.78 is 31.9. The predicted molar refractivity (Wildman–Crippen MR) is 101 cm³/mol. The van der Waals surface area contributed by atoms with E-state index in [4.69, 9.17) is 4.74 Å². The average molecular weight is 397 g/mol. The number of esters is 1. The molecule has 27 heavy (non-hydrogen) atoms. The number of nitrogens with zero attached hydrogens (tertiary/aromatic N) is 1. The highest BCUT2D eigenvalue weighted by Crippen LogP contribution is 2.16. The van der Waals surface area contributed by atoms with Gasteiger partial charge < -0.3 is 15.0 Å². The quantitative estimate of drug-likeness (QED) is 0.639. The van der Waals surface area contributed by atoms with Gasteiger partial charge in [-0.1, -0.05) is 30.3 Å². The number of carbonyl (C=O) groups is 2. The van der Waals surface area contributed by atoms with Crippen LogP contribution in [0.4, 0.5) is 4.79 Å². The van der Waals surface area contributed by atoms with Crippen LogP contribution in [0.5, 0.6) is 0 Å². The molecule has 1 heterocycles. The lowest BCUT2D eigenvalue weighted by molar-refractivity contribution is -0.141. The van der Waals surface area contributed by atoms with Crippen molar-refractivity contribution in [3.8, 4) is 0 Å². The molecule has 1 atom stereocenters. The van der Waals surface area contributed by atoms with E-state index in [-0.39, 0.29) is 37.4 Å². The molecule has 2 amide bonds. The van der Waals surface area contributed by atoms with Gasteiger partial charge in [0.15, 0.2) is 0 Å². The summed E-state index contributed by atoms with van der Waals surface area (Å²) in [5.41, 5.74) is 0.730. The number of benzene rings is 1. The molecule has 9 heteroatoms. The molecule has 1 aliphatic heterocycles. The van der Waals surface area contributed by atoms with Crippen molar-refractivity contribution in [2.24, 2.45) is 5.92 Å². The molecule has 0 radical (unpaired) electrons. The fourth-order valence-electron chi connectivity index (χ4n) is 2.98. The molecule has 150 valence electrons. The number of hydrogen-bond donors (Lipinski definition) is 2. The van der Waals surface area contributed by atoms with Crippen LogP contribution in [0.2, 0.25) is 0 Å². The topological polar surface area (TPSA) is 105 Å². The number of urea groups is 1. The molecule has 1 fully saturated rings. The van der Waals surface area contributed by atoms with Crippen LogP contribution in [0.1, 0.15) is 25.3 Å². The van der Waals surface area contributed by atoms with E-state index in [9.17, 15) is 18.0 Å². The van der Waals surface area contributed by atoms with Crippen molar-refractivity contribution in [1.29, 1.82) is 0 Å². The van der Waals surface area contributed by atoms with E-state index >= 15 is 0 Å². The first kappa shape index (κ1) is 21.2. The molecule has 8 nitrogen and oxygen atoms in total. The minimum Gasteiger partial charge on any atom is -0.465 e. The minimum absolute atomic E-state index is 0.0395. The summed E-state index contributed by atoms with van der Waals surface area (Å²) in [7, 11) is -3.43. The molecule has 1 aromatic carbocycles. The number of carbonyl (C=O) groups excluding carboxylic acids is 2. The zero-order valence-electron chi connectivity index (χ0n) is 15.5. The fraction of sp³-hybridized carbons (Fsp3) is 0.556. The summed E-state index contributed by atoms with van der Waals surface area (Å²) in [4.78, 5) is 25.1. The van der Waals surface area contributed by atoms with Gasteiger partial charge in [0.05, 0.1) is 12.4 Å². The van der Waals surface area contributed by atoms with Gasteiger partial charge in [0.1, 0.15) is 6.54 Å². The first-order valence-corrected chi connectivity index (χ1v) is 10.7. The number of sulfonamides is 1. The van der Waals surface area contributed by atoms with Gasteiger partial charge in [-0.05, 0) is 31.2 Å². The Kier molecular flexibility index (Phi) is 8.05. The Morgan fingerprint density at radius 1 is 1.26 bits per heavy atom. The second-order valence-corrected chi connectivity index (χ2v) is 8.32. The van der Waals surface area contributed by atoms with Crippen molar-refractivity contribution >= 4 is 22.0 Å². The van der Waals surface area contributed by atoms with Crippen molar-refractivity contribution in [3.05, 3.63) is 35.9 Å². The number of likely N-dealkylation sites (tertiary alicyclic amines) is 1. The van der Waals surface area contributed by atoms with Gasteiger partial charge in [-0.25, -0.2) is 17.9 Å². The minimum atomic E-state index is -3.43. The Bertz CT molecular complexity index is 724. The van der Waals surface area contributed by atoms with Gasteiger partial charge >= 0.3 is 12.0 Å². The maximum Gasteiger partial charge on any atom is 0.325 e. The van der Waals surface area contributed by atoms with Gasteiger partial charge in [0, 0.05) is 19.6 Å². The maximum absolute atomic E-state index is 12.2. The van der Waals surface area contributed by atoms with Crippen LogP contribution >= 0.6 is 0 Å². The van der Waals surface area contributed by atoms with Gasteiger partial charge in [0.2, 0.25) is 10.0 Å². The molecule has 0 bridgehead atoms. The van der Waals surface area contributed by atoms with Crippen molar-refractivity contribution in [2.75, 3.05) is 32.8 Å².